The van der Waals surface area contributed by atoms with Crippen LogP contribution in [-0.2, 0) is 15.1 Å². The van der Waals surface area contributed by atoms with Gasteiger partial charge in [-0.15, -0.1) is 0 Å². The van der Waals surface area contributed by atoms with E-state index in [2.05, 4.69) is 10.3 Å². The lowest BCUT2D eigenvalue weighted by atomic mass is 10.0. The molecule has 1 aliphatic rings. The molecular weight excluding hydrogens is 410 g/mol. The summed E-state index contributed by atoms with van der Waals surface area (Å²) in [6.07, 6.45) is 2.98. The Balaban J connectivity index is 0.000000245. The molecule has 2 atom stereocenters. The van der Waals surface area contributed by atoms with Crippen LogP contribution in [-0.4, -0.2) is 46.5 Å². The van der Waals surface area contributed by atoms with Crippen LogP contribution in [0.2, 0.25) is 0 Å². The first kappa shape index (κ1) is 24.6. The van der Waals surface area contributed by atoms with Crippen molar-refractivity contribution in [1.82, 2.24) is 4.98 Å². The van der Waals surface area contributed by atoms with Gasteiger partial charge in [0.15, 0.2) is 11.6 Å². The molecular formula is C22H28F2N2O5. The molecule has 9 heteroatoms. The lowest BCUT2D eigenvalue weighted by Crippen LogP contribution is -2.28. The highest BCUT2D eigenvalue weighted by molar-refractivity contribution is 5.94. The van der Waals surface area contributed by atoms with Crippen LogP contribution in [0.4, 0.5) is 14.5 Å². The molecule has 170 valence electrons. The Kier molecular flexibility index (Phi) is 8.85. The third-order valence-corrected chi connectivity index (χ3v) is 4.44. The number of carbonyl (C=O) groups is 1. The Morgan fingerprint density at radius 2 is 2.06 bits per heavy atom. The van der Waals surface area contributed by atoms with Gasteiger partial charge in [-0.2, -0.15) is 4.39 Å². The molecule has 1 fully saturated rings. The number of nitrogens with zero attached hydrogens (tertiary/aromatic N) is 1. The van der Waals surface area contributed by atoms with Crippen molar-refractivity contribution in [2.45, 2.75) is 51.4 Å². The van der Waals surface area contributed by atoms with Crippen LogP contribution in [0.15, 0.2) is 36.5 Å². The van der Waals surface area contributed by atoms with E-state index in [0.717, 1.165) is 18.9 Å². The summed E-state index contributed by atoms with van der Waals surface area (Å²) in [5.74, 6) is -2.29. The van der Waals surface area contributed by atoms with Crippen molar-refractivity contribution in [2.75, 3.05) is 18.5 Å². The minimum Gasteiger partial charge on any atom is -0.488 e. The number of halogens is 2. The first-order chi connectivity index (χ1) is 14.6. The molecule has 0 saturated carbocycles. The summed E-state index contributed by atoms with van der Waals surface area (Å²) < 4.78 is 35.4. The maximum absolute atomic E-state index is 12.7. The van der Waals surface area contributed by atoms with Gasteiger partial charge in [0, 0.05) is 11.9 Å². The van der Waals surface area contributed by atoms with Crippen LogP contribution < -0.4 is 10.1 Å². The average Bonchev–Trinajstić information content (AvgIpc) is 3.16. The largest absolute Gasteiger partial charge is 0.488 e. The zero-order valence-corrected chi connectivity index (χ0v) is 17.8. The Labute approximate surface area is 180 Å². The fraction of sp³-hybridized carbons (Fsp3) is 0.455. The van der Waals surface area contributed by atoms with E-state index in [1.54, 1.807) is 32.2 Å². The number of hydrogen-bond donors (Lipinski definition) is 3. The predicted octanol–water partition coefficient (Wildman–Crippen LogP) is 3.15. The number of aliphatic hydroxyl groups is 2. The number of benzene rings is 1. The van der Waals surface area contributed by atoms with E-state index in [-0.39, 0.29) is 37.1 Å². The molecule has 1 aromatic carbocycles. The summed E-state index contributed by atoms with van der Waals surface area (Å²) in [6, 6.07) is 7.02. The second-order valence-corrected chi connectivity index (χ2v) is 7.61. The first-order valence-electron chi connectivity index (χ1n) is 9.94. The molecule has 31 heavy (non-hydrogen) atoms. The summed E-state index contributed by atoms with van der Waals surface area (Å²) in [4.78, 5) is 16.1. The third-order valence-electron chi connectivity index (χ3n) is 4.44. The summed E-state index contributed by atoms with van der Waals surface area (Å²) in [5.41, 5.74) is 0.116. The molecule has 0 spiro atoms. The zero-order chi connectivity index (χ0) is 23.0. The van der Waals surface area contributed by atoms with Crippen LogP contribution in [0.5, 0.6) is 5.75 Å². The van der Waals surface area contributed by atoms with Crippen LogP contribution in [0.25, 0.3) is 0 Å². The van der Waals surface area contributed by atoms with Gasteiger partial charge in [-0.05, 0) is 57.9 Å². The van der Waals surface area contributed by atoms with E-state index < -0.39 is 17.2 Å². The standard InChI is InChI=1S/C14H20N2O3.C8H8F2O2/c1-9-4-5-11(19-9)13(17)16-10-6-7-15-12(8-10)14(2,3)18;9-6-2-1-3-7(8(6)10)12-5-4-11/h6-9,11,18H,4-5H2,1-3H3,(H,15,16,17);1-3,11H,4-5H2. The Morgan fingerprint density at radius 1 is 1.32 bits per heavy atom. The van der Waals surface area contributed by atoms with Crippen molar-refractivity contribution < 1.29 is 33.3 Å². The molecule has 0 aliphatic carbocycles. The van der Waals surface area contributed by atoms with Crippen molar-refractivity contribution in [3.8, 4) is 5.75 Å². The summed E-state index contributed by atoms with van der Waals surface area (Å²) >= 11 is 0. The van der Waals surface area contributed by atoms with Gasteiger partial charge in [0.05, 0.1) is 18.4 Å². The second kappa shape index (κ2) is 11.1. The van der Waals surface area contributed by atoms with Gasteiger partial charge >= 0.3 is 0 Å². The van der Waals surface area contributed by atoms with Crippen LogP contribution in [0.1, 0.15) is 39.3 Å². The van der Waals surface area contributed by atoms with E-state index in [1.165, 1.54) is 12.1 Å². The average molecular weight is 438 g/mol. The van der Waals surface area contributed by atoms with Crippen molar-refractivity contribution in [2.24, 2.45) is 0 Å². The number of hydrogen-bond acceptors (Lipinski definition) is 6. The van der Waals surface area contributed by atoms with Gasteiger partial charge < -0.3 is 25.0 Å². The van der Waals surface area contributed by atoms with Gasteiger partial charge in [-0.1, -0.05) is 6.07 Å². The lowest BCUT2D eigenvalue weighted by molar-refractivity contribution is -0.126. The lowest BCUT2D eigenvalue weighted by Gasteiger charge is -2.18. The number of carbonyl (C=O) groups excluding carboxylic acids is 1. The molecule has 7 nitrogen and oxygen atoms in total. The number of amides is 1. The minimum atomic E-state index is -1.03. The molecule has 0 radical (unpaired) electrons. The van der Waals surface area contributed by atoms with Gasteiger partial charge in [0.2, 0.25) is 5.82 Å². The maximum Gasteiger partial charge on any atom is 0.253 e. The minimum absolute atomic E-state index is 0.0413. The van der Waals surface area contributed by atoms with Crippen molar-refractivity contribution >= 4 is 11.6 Å². The molecule has 1 aromatic heterocycles. The first-order valence-corrected chi connectivity index (χ1v) is 9.94. The SMILES string of the molecule is CC1CCC(C(=O)Nc2ccnc(C(C)(C)O)c2)O1.OCCOc1cccc(F)c1F. The number of pyridine rings is 1. The van der Waals surface area contributed by atoms with Crippen LogP contribution >= 0.6 is 0 Å². The van der Waals surface area contributed by atoms with E-state index >= 15 is 0 Å². The molecule has 2 heterocycles. The monoisotopic (exact) mass is 438 g/mol. The Bertz CT molecular complexity index is 873. The fourth-order valence-electron chi connectivity index (χ4n) is 2.81. The quantitative estimate of drug-likeness (QED) is 0.641. The fourth-order valence-corrected chi connectivity index (χ4v) is 2.81. The highest BCUT2D eigenvalue weighted by atomic mass is 19.2. The number of anilines is 1. The zero-order valence-electron chi connectivity index (χ0n) is 17.8. The van der Waals surface area contributed by atoms with E-state index in [0.29, 0.717) is 11.4 Å². The molecule has 0 bridgehead atoms. The topological polar surface area (TPSA) is 101 Å². The van der Waals surface area contributed by atoms with Gasteiger partial charge in [-0.3, -0.25) is 9.78 Å². The molecule has 2 aromatic rings. The molecule has 1 saturated heterocycles. The summed E-state index contributed by atoms with van der Waals surface area (Å²) in [7, 11) is 0. The van der Waals surface area contributed by atoms with Crippen molar-refractivity contribution in [1.29, 1.82) is 0 Å². The predicted molar refractivity (Wildman–Crippen MR) is 111 cm³/mol. The van der Waals surface area contributed by atoms with E-state index in [4.69, 9.17) is 14.6 Å². The molecule has 3 N–H and O–H groups in total. The number of ether oxygens (including phenoxy) is 2. The molecule has 1 amide bonds. The smallest absolute Gasteiger partial charge is 0.253 e. The molecule has 3 rings (SSSR count). The van der Waals surface area contributed by atoms with Crippen LogP contribution in [0, 0.1) is 11.6 Å². The highest BCUT2D eigenvalue weighted by Gasteiger charge is 2.28. The van der Waals surface area contributed by atoms with Gasteiger partial charge in [0.1, 0.15) is 18.3 Å². The van der Waals surface area contributed by atoms with E-state index in [9.17, 15) is 18.7 Å². The van der Waals surface area contributed by atoms with Gasteiger partial charge in [0.25, 0.3) is 5.91 Å². The number of aromatic nitrogens is 1. The Morgan fingerprint density at radius 3 is 2.68 bits per heavy atom. The molecule has 1 aliphatic heterocycles. The summed E-state index contributed by atoms with van der Waals surface area (Å²) in [6.45, 7) is 5.01. The normalized spacial score (nSPS) is 18.2. The van der Waals surface area contributed by atoms with Gasteiger partial charge in [-0.25, -0.2) is 4.39 Å². The van der Waals surface area contributed by atoms with Crippen LogP contribution in [0.3, 0.4) is 0 Å². The number of rotatable bonds is 6. The van der Waals surface area contributed by atoms with E-state index in [1.807, 2.05) is 6.92 Å². The van der Waals surface area contributed by atoms with Crippen molar-refractivity contribution in [3.05, 3.63) is 53.9 Å². The second-order valence-electron chi connectivity index (χ2n) is 7.61. The number of aliphatic hydroxyl groups excluding tert-OH is 1. The third kappa shape index (κ3) is 7.54. The highest BCUT2D eigenvalue weighted by Crippen LogP contribution is 2.23. The number of nitrogens with one attached hydrogen (secondary N) is 1. The van der Waals surface area contributed by atoms with Crippen molar-refractivity contribution in [3.63, 3.8) is 0 Å². The Hall–Kier alpha value is -2.62. The summed E-state index contributed by atoms with van der Waals surface area (Å²) in [5, 5.41) is 21.0. The maximum atomic E-state index is 12.7. The molecule has 2 unspecified atom stereocenters.